The quantitative estimate of drug-likeness (QED) is 0.856. The van der Waals surface area contributed by atoms with E-state index in [9.17, 15) is 0 Å². The molecule has 1 aromatic rings. The maximum absolute atomic E-state index is 6.36. The molecule has 19 heavy (non-hydrogen) atoms. The number of hydrogen-bond acceptors (Lipinski definition) is 3. The highest BCUT2D eigenvalue weighted by Gasteiger charge is 2.30. The van der Waals surface area contributed by atoms with E-state index in [-0.39, 0.29) is 0 Å². The van der Waals surface area contributed by atoms with Gasteiger partial charge in [0, 0.05) is 24.4 Å². The van der Waals surface area contributed by atoms with Crippen LogP contribution in [0.3, 0.4) is 0 Å². The fraction of sp³-hybridized carbons (Fsp3) is 0.600. The Morgan fingerprint density at radius 2 is 2.00 bits per heavy atom. The first-order valence-electron chi connectivity index (χ1n) is 7.00. The molecule has 2 aliphatic rings. The highest BCUT2D eigenvalue weighted by molar-refractivity contribution is 6.32. The van der Waals surface area contributed by atoms with E-state index in [1.165, 1.54) is 5.56 Å². The van der Waals surface area contributed by atoms with Crippen molar-refractivity contribution in [3.05, 3.63) is 22.7 Å². The van der Waals surface area contributed by atoms with Crippen molar-refractivity contribution in [3.8, 4) is 11.5 Å². The van der Waals surface area contributed by atoms with Crippen molar-refractivity contribution in [2.24, 2.45) is 0 Å². The van der Waals surface area contributed by atoms with Crippen LogP contribution in [0.25, 0.3) is 0 Å². The molecule has 3 rings (SSSR count). The molecular formula is C15H20ClNO2. The third-order valence-electron chi connectivity index (χ3n) is 4.01. The van der Waals surface area contributed by atoms with Crippen LogP contribution in [0.15, 0.2) is 12.1 Å². The van der Waals surface area contributed by atoms with Crippen molar-refractivity contribution in [2.75, 3.05) is 13.2 Å². The van der Waals surface area contributed by atoms with Crippen molar-refractivity contribution >= 4 is 11.6 Å². The molecule has 1 saturated heterocycles. The topological polar surface area (TPSA) is 30.5 Å². The first kappa shape index (κ1) is 13.1. The van der Waals surface area contributed by atoms with Crippen LogP contribution < -0.4 is 14.8 Å². The van der Waals surface area contributed by atoms with E-state index < -0.39 is 0 Å². The number of fused-ring (bicyclic) bond motifs is 1. The first-order valence-corrected chi connectivity index (χ1v) is 7.38. The normalized spacial score (nSPS) is 30.2. The van der Waals surface area contributed by atoms with Crippen molar-refractivity contribution in [2.45, 2.75) is 44.7 Å². The molecule has 1 aromatic carbocycles. The average molecular weight is 282 g/mol. The maximum atomic E-state index is 6.36. The Morgan fingerprint density at radius 1 is 1.21 bits per heavy atom. The van der Waals surface area contributed by atoms with Gasteiger partial charge in [-0.15, -0.1) is 0 Å². The van der Waals surface area contributed by atoms with Crippen LogP contribution in [0.4, 0.5) is 0 Å². The Kier molecular flexibility index (Phi) is 3.59. The Labute approximate surface area is 119 Å². The minimum absolute atomic E-state index is 0.468. The maximum Gasteiger partial charge on any atom is 0.179 e. The summed E-state index contributed by atoms with van der Waals surface area (Å²) in [7, 11) is 0. The summed E-state index contributed by atoms with van der Waals surface area (Å²) in [6.07, 6.45) is 2.04. The molecule has 4 heteroatoms. The second-order valence-electron chi connectivity index (χ2n) is 5.58. The minimum atomic E-state index is 0.468. The van der Waals surface area contributed by atoms with Gasteiger partial charge in [0.1, 0.15) is 0 Å². The van der Waals surface area contributed by atoms with Gasteiger partial charge in [0.05, 0.1) is 18.2 Å². The van der Waals surface area contributed by atoms with E-state index >= 15 is 0 Å². The van der Waals surface area contributed by atoms with Gasteiger partial charge in [0.25, 0.3) is 0 Å². The van der Waals surface area contributed by atoms with Gasteiger partial charge in [-0.3, -0.25) is 0 Å². The lowest BCUT2D eigenvalue weighted by atomic mass is 9.91. The second kappa shape index (κ2) is 5.22. The second-order valence-corrected chi connectivity index (χ2v) is 5.99. The van der Waals surface area contributed by atoms with Crippen molar-refractivity contribution < 1.29 is 9.47 Å². The molecular weight excluding hydrogens is 262 g/mol. The minimum Gasteiger partial charge on any atom is -0.489 e. The Morgan fingerprint density at radius 3 is 2.74 bits per heavy atom. The Balaban J connectivity index is 1.95. The van der Waals surface area contributed by atoms with Gasteiger partial charge in [0.2, 0.25) is 0 Å². The van der Waals surface area contributed by atoms with E-state index in [2.05, 4.69) is 25.2 Å². The zero-order valence-electron chi connectivity index (χ0n) is 11.4. The van der Waals surface area contributed by atoms with E-state index in [0.717, 1.165) is 18.6 Å². The van der Waals surface area contributed by atoms with Crippen LogP contribution in [-0.4, -0.2) is 25.3 Å². The fourth-order valence-electron chi connectivity index (χ4n) is 3.11. The van der Waals surface area contributed by atoms with Crippen LogP contribution in [0.2, 0.25) is 5.02 Å². The lowest BCUT2D eigenvalue weighted by Crippen LogP contribution is -2.26. The third kappa shape index (κ3) is 2.54. The van der Waals surface area contributed by atoms with E-state index in [1.54, 1.807) is 0 Å². The van der Waals surface area contributed by atoms with Crippen molar-refractivity contribution in [1.29, 1.82) is 0 Å². The molecule has 3 unspecified atom stereocenters. The van der Waals surface area contributed by atoms with Gasteiger partial charge in [-0.25, -0.2) is 0 Å². The molecule has 104 valence electrons. The van der Waals surface area contributed by atoms with Crippen molar-refractivity contribution in [3.63, 3.8) is 0 Å². The average Bonchev–Trinajstić information content (AvgIpc) is 2.59. The number of rotatable bonds is 1. The van der Waals surface area contributed by atoms with E-state index in [1.807, 2.05) is 6.07 Å². The Bertz CT molecular complexity index is 477. The molecule has 3 nitrogen and oxygen atoms in total. The molecule has 1 N–H and O–H groups in total. The summed E-state index contributed by atoms with van der Waals surface area (Å²) in [5.74, 6) is 1.99. The largest absolute Gasteiger partial charge is 0.489 e. The van der Waals surface area contributed by atoms with Gasteiger partial charge in [-0.1, -0.05) is 11.6 Å². The van der Waals surface area contributed by atoms with E-state index in [0.29, 0.717) is 42.0 Å². The van der Waals surface area contributed by atoms with Crippen LogP contribution in [0.1, 0.15) is 38.2 Å². The molecule has 0 spiro atoms. The predicted molar refractivity (Wildman–Crippen MR) is 76.5 cm³/mol. The van der Waals surface area contributed by atoms with Crippen molar-refractivity contribution in [1.82, 2.24) is 5.32 Å². The standard InChI is InChI=1S/C15H20ClNO2/c1-9-6-12(10(2)17-9)11-7-13(16)15-14(8-11)18-4-3-5-19-15/h7-10,12,17H,3-6H2,1-2H3. The van der Waals surface area contributed by atoms with Crippen LogP contribution in [-0.2, 0) is 0 Å². The predicted octanol–water partition coefficient (Wildman–Crippen LogP) is 3.36. The zero-order chi connectivity index (χ0) is 13.4. The van der Waals surface area contributed by atoms with Gasteiger partial charge in [-0.05, 0) is 38.0 Å². The molecule has 2 heterocycles. The summed E-state index contributed by atoms with van der Waals surface area (Å²) in [6.45, 7) is 5.82. The van der Waals surface area contributed by atoms with Gasteiger partial charge < -0.3 is 14.8 Å². The molecule has 0 radical (unpaired) electrons. The summed E-state index contributed by atoms with van der Waals surface area (Å²) in [5, 5.41) is 4.23. The lowest BCUT2D eigenvalue weighted by molar-refractivity contribution is 0.297. The first-order chi connectivity index (χ1) is 9.15. The van der Waals surface area contributed by atoms with Gasteiger partial charge >= 0.3 is 0 Å². The molecule has 0 aliphatic carbocycles. The van der Waals surface area contributed by atoms with Gasteiger partial charge in [-0.2, -0.15) is 0 Å². The third-order valence-corrected chi connectivity index (χ3v) is 4.29. The van der Waals surface area contributed by atoms with Gasteiger partial charge in [0.15, 0.2) is 11.5 Å². The molecule has 2 aliphatic heterocycles. The summed E-state index contributed by atoms with van der Waals surface area (Å²) in [6, 6.07) is 5.16. The highest BCUT2D eigenvalue weighted by atomic mass is 35.5. The zero-order valence-corrected chi connectivity index (χ0v) is 12.2. The number of ether oxygens (including phenoxy) is 2. The number of halogens is 1. The monoisotopic (exact) mass is 281 g/mol. The highest BCUT2D eigenvalue weighted by Crippen LogP contribution is 2.42. The molecule has 0 saturated carbocycles. The SMILES string of the molecule is CC1CC(c2cc(Cl)c3c(c2)OCCCO3)C(C)N1. The van der Waals surface area contributed by atoms with Crippen LogP contribution in [0, 0.1) is 0 Å². The summed E-state index contributed by atoms with van der Waals surface area (Å²) in [5.41, 5.74) is 1.25. The fourth-order valence-corrected chi connectivity index (χ4v) is 3.38. The molecule has 0 amide bonds. The number of nitrogens with one attached hydrogen (secondary N) is 1. The molecule has 0 bridgehead atoms. The number of benzene rings is 1. The van der Waals surface area contributed by atoms with Crippen LogP contribution in [0.5, 0.6) is 11.5 Å². The lowest BCUT2D eigenvalue weighted by Gasteiger charge is -2.18. The molecule has 1 fully saturated rings. The summed E-state index contributed by atoms with van der Waals surface area (Å²) >= 11 is 6.36. The van der Waals surface area contributed by atoms with Crippen LogP contribution >= 0.6 is 11.6 Å². The molecule has 3 atom stereocenters. The number of hydrogen-bond donors (Lipinski definition) is 1. The van der Waals surface area contributed by atoms with E-state index in [4.69, 9.17) is 21.1 Å². The summed E-state index contributed by atoms with van der Waals surface area (Å²) in [4.78, 5) is 0. The smallest absolute Gasteiger partial charge is 0.179 e. The Hall–Kier alpha value is -0.930. The molecule has 0 aromatic heterocycles. The summed E-state index contributed by atoms with van der Waals surface area (Å²) < 4.78 is 11.4.